The van der Waals surface area contributed by atoms with Gasteiger partial charge in [-0.15, -0.1) is 0 Å². The lowest BCUT2D eigenvalue weighted by Crippen LogP contribution is -2.52. The average Bonchev–Trinajstić information content (AvgIpc) is 2.91. The van der Waals surface area contributed by atoms with Gasteiger partial charge in [0.05, 0.1) is 0 Å². The SMILES string of the molecule is CCCCNC(=O)[C@H](Cc1ccccc1)N(Cc1c(Cl)cccc1Cl)C(=O)COc1ccc(C(C)(C)C)cc1. The summed E-state index contributed by atoms with van der Waals surface area (Å²) >= 11 is 13.0. The van der Waals surface area contributed by atoms with Crippen LogP contribution in [0.2, 0.25) is 10.0 Å². The van der Waals surface area contributed by atoms with E-state index in [1.54, 1.807) is 18.2 Å². The maximum absolute atomic E-state index is 13.8. The number of hydrogen-bond acceptors (Lipinski definition) is 3. The highest BCUT2D eigenvalue weighted by atomic mass is 35.5. The lowest BCUT2D eigenvalue weighted by molar-refractivity contribution is -0.142. The summed E-state index contributed by atoms with van der Waals surface area (Å²) in [6.07, 6.45) is 2.14. The summed E-state index contributed by atoms with van der Waals surface area (Å²) in [7, 11) is 0. The molecule has 0 bridgehead atoms. The van der Waals surface area contributed by atoms with Crippen LogP contribution in [-0.4, -0.2) is 35.9 Å². The highest BCUT2D eigenvalue weighted by Crippen LogP contribution is 2.28. The molecular weight excluding hydrogens is 531 g/mol. The van der Waals surface area contributed by atoms with E-state index in [4.69, 9.17) is 27.9 Å². The van der Waals surface area contributed by atoms with Crippen LogP contribution in [0.1, 0.15) is 57.2 Å². The Morgan fingerprint density at radius 1 is 0.923 bits per heavy atom. The average molecular weight is 570 g/mol. The molecule has 0 heterocycles. The Balaban J connectivity index is 1.91. The maximum Gasteiger partial charge on any atom is 0.261 e. The molecule has 0 spiro atoms. The van der Waals surface area contributed by atoms with Crippen molar-refractivity contribution in [3.05, 3.63) is 99.5 Å². The smallest absolute Gasteiger partial charge is 0.261 e. The lowest BCUT2D eigenvalue weighted by atomic mass is 9.87. The molecule has 0 fully saturated rings. The third-order valence-electron chi connectivity index (χ3n) is 6.57. The zero-order valence-corrected chi connectivity index (χ0v) is 24.7. The van der Waals surface area contributed by atoms with Gasteiger partial charge in [0.25, 0.3) is 5.91 Å². The second-order valence-corrected chi connectivity index (χ2v) is 11.4. The number of benzene rings is 3. The van der Waals surface area contributed by atoms with E-state index in [1.807, 2.05) is 54.6 Å². The number of ether oxygens (including phenoxy) is 1. The molecule has 0 unspecified atom stereocenters. The van der Waals surface area contributed by atoms with Crippen LogP contribution >= 0.6 is 23.2 Å². The second-order valence-electron chi connectivity index (χ2n) is 10.6. The minimum Gasteiger partial charge on any atom is -0.484 e. The number of nitrogens with one attached hydrogen (secondary N) is 1. The van der Waals surface area contributed by atoms with E-state index in [0.717, 1.165) is 18.4 Å². The third kappa shape index (κ3) is 9.01. The molecule has 0 saturated carbocycles. The second kappa shape index (κ2) is 14.4. The Morgan fingerprint density at radius 3 is 2.15 bits per heavy atom. The monoisotopic (exact) mass is 568 g/mol. The quantitative estimate of drug-likeness (QED) is 0.234. The highest BCUT2D eigenvalue weighted by Gasteiger charge is 2.31. The van der Waals surface area contributed by atoms with Crippen LogP contribution in [0.5, 0.6) is 5.75 Å². The van der Waals surface area contributed by atoms with E-state index >= 15 is 0 Å². The summed E-state index contributed by atoms with van der Waals surface area (Å²) in [4.78, 5) is 28.8. The number of hydrogen-bond donors (Lipinski definition) is 1. The molecule has 3 rings (SSSR count). The van der Waals surface area contributed by atoms with Gasteiger partial charge in [0.1, 0.15) is 11.8 Å². The number of nitrogens with zero attached hydrogens (tertiary/aromatic N) is 1. The molecule has 0 radical (unpaired) electrons. The molecular formula is C32H38Cl2N2O3. The van der Waals surface area contributed by atoms with Gasteiger partial charge in [-0.3, -0.25) is 9.59 Å². The molecule has 3 aromatic carbocycles. The van der Waals surface area contributed by atoms with Gasteiger partial charge < -0.3 is 15.0 Å². The van der Waals surface area contributed by atoms with Gasteiger partial charge in [-0.1, -0.05) is 106 Å². The van der Waals surface area contributed by atoms with Crippen LogP contribution in [-0.2, 0) is 28.0 Å². The van der Waals surface area contributed by atoms with Crippen molar-refractivity contribution in [1.29, 1.82) is 0 Å². The molecule has 1 atom stereocenters. The summed E-state index contributed by atoms with van der Waals surface area (Å²) in [5.74, 6) is 0.0231. The zero-order valence-electron chi connectivity index (χ0n) is 23.2. The van der Waals surface area contributed by atoms with Crippen LogP contribution in [0.4, 0.5) is 0 Å². The fourth-order valence-corrected chi connectivity index (χ4v) is 4.71. The van der Waals surface area contributed by atoms with Crippen LogP contribution in [0.15, 0.2) is 72.8 Å². The molecule has 0 aliphatic carbocycles. The number of unbranched alkanes of at least 4 members (excludes halogenated alkanes) is 1. The normalized spacial score (nSPS) is 12.1. The maximum atomic E-state index is 13.8. The molecule has 0 aliphatic heterocycles. The van der Waals surface area contributed by atoms with Crippen molar-refractivity contribution < 1.29 is 14.3 Å². The Kier molecular flexibility index (Phi) is 11.3. The minimum atomic E-state index is -0.782. The van der Waals surface area contributed by atoms with Crippen LogP contribution in [0, 0.1) is 0 Å². The Morgan fingerprint density at radius 2 is 1.56 bits per heavy atom. The third-order valence-corrected chi connectivity index (χ3v) is 7.28. The Hall–Kier alpha value is -3.02. The van der Waals surface area contributed by atoms with E-state index in [2.05, 4.69) is 33.0 Å². The summed E-state index contributed by atoms with van der Waals surface area (Å²) < 4.78 is 5.90. The number of carbonyl (C=O) groups excluding carboxylic acids is 2. The van der Waals surface area contributed by atoms with Crippen molar-refractivity contribution in [1.82, 2.24) is 10.2 Å². The fourth-order valence-electron chi connectivity index (χ4n) is 4.19. The number of carbonyl (C=O) groups is 2. The molecule has 39 heavy (non-hydrogen) atoms. The Labute approximate surface area is 242 Å². The largest absolute Gasteiger partial charge is 0.484 e. The van der Waals surface area contributed by atoms with Gasteiger partial charge >= 0.3 is 0 Å². The first-order valence-electron chi connectivity index (χ1n) is 13.4. The number of halogens is 2. The first-order chi connectivity index (χ1) is 18.6. The molecule has 2 amide bonds. The van der Waals surface area contributed by atoms with Gasteiger partial charge in [-0.05, 0) is 47.2 Å². The highest BCUT2D eigenvalue weighted by molar-refractivity contribution is 6.36. The standard InChI is InChI=1S/C32H38Cl2N2O3/c1-5-6-19-35-31(38)29(20-23-11-8-7-9-12-23)36(21-26-27(33)13-10-14-28(26)34)30(37)22-39-25-17-15-24(16-18-25)32(2,3)4/h7-18,29H,5-6,19-22H2,1-4H3,(H,35,38)/t29-/m0/s1. The van der Waals surface area contributed by atoms with E-state index in [9.17, 15) is 9.59 Å². The molecule has 0 saturated heterocycles. The zero-order chi connectivity index (χ0) is 28.4. The van der Waals surface area contributed by atoms with Crippen LogP contribution < -0.4 is 10.1 Å². The van der Waals surface area contributed by atoms with Crippen molar-refractivity contribution in [3.63, 3.8) is 0 Å². The summed E-state index contributed by atoms with van der Waals surface area (Å²) in [6.45, 7) is 8.86. The van der Waals surface area contributed by atoms with E-state index in [-0.39, 0.29) is 30.4 Å². The van der Waals surface area contributed by atoms with Crippen molar-refractivity contribution in [2.45, 2.75) is 65.0 Å². The van der Waals surface area contributed by atoms with Crippen molar-refractivity contribution in [2.24, 2.45) is 0 Å². The number of amides is 2. The number of rotatable bonds is 12. The van der Waals surface area contributed by atoms with Gasteiger partial charge in [0.15, 0.2) is 6.61 Å². The van der Waals surface area contributed by atoms with Crippen LogP contribution in [0.25, 0.3) is 0 Å². The molecule has 7 heteroatoms. The molecule has 208 valence electrons. The molecule has 0 aliphatic rings. The Bertz CT molecular complexity index is 1200. The molecule has 5 nitrogen and oxygen atoms in total. The first kappa shape index (κ1) is 30.5. The van der Waals surface area contributed by atoms with Gasteiger partial charge in [-0.25, -0.2) is 0 Å². The van der Waals surface area contributed by atoms with Crippen molar-refractivity contribution in [2.75, 3.05) is 13.2 Å². The predicted molar refractivity (Wildman–Crippen MR) is 160 cm³/mol. The van der Waals surface area contributed by atoms with Gasteiger partial charge in [0.2, 0.25) is 5.91 Å². The van der Waals surface area contributed by atoms with Crippen LogP contribution in [0.3, 0.4) is 0 Å². The molecule has 1 N–H and O–H groups in total. The molecule has 0 aromatic heterocycles. The first-order valence-corrected chi connectivity index (χ1v) is 14.1. The van der Waals surface area contributed by atoms with Gasteiger partial charge in [0, 0.05) is 35.1 Å². The van der Waals surface area contributed by atoms with Gasteiger partial charge in [-0.2, -0.15) is 0 Å². The fraction of sp³-hybridized carbons (Fsp3) is 0.375. The lowest BCUT2D eigenvalue weighted by Gasteiger charge is -2.32. The van der Waals surface area contributed by atoms with E-state index in [1.165, 1.54) is 10.5 Å². The minimum absolute atomic E-state index is 0.00909. The summed E-state index contributed by atoms with van der Waals surface area (Å²) in [6, 6.07) is 21.8. The van der Waals surface area contributed by atoms with Crippen molar-refractivity contribution >= 4 is 35.0 Å². The topological polar surface area (TPSA) is 58.6 Å². The summed E-state index contributed by atoms with van der Waals surface area (Å²) in [5.41, 5.74) is 2.70. The van der Waals surface area contributed by atoms with E-state index in [0.29, 0.717) is 34.3 Å². The van der Waals surface area contributed by atoms with Crippen molar-refractivity contribution in [3.8, 4) is 5.75 Å². The predicted octanol–water partition coefficient (Wildman–Crippen LogP) is 7.23. The van der Waals surface area contributed by atoms with E-state index < -0.39 is 6.04 Å². The molecule has 3 aromatic rings. The summed E-state index contributed by atoms with van der Waals surface area (Å²) in [5, 5.41) is 3.88.